The van der Waals surface area contributed by atoms with Crippen molar-refractivity contribution in [2.45, 2.75) is 19.8 Å². The lowest BCUT2D eigenvalue weighted by atomic mass is 10.2. The Kier molecular flexibility index (Phi) is 4.05. The highest BCUT2D eigenvalue weighted by Gasteiger charge is 2.11. The lowest BCUT2D eigenvalue weighted by Gasteiger charge is -2.07. The van der Waals surface area contributed by atoms with E-state index < -0.39 is 0 Å². The quantitative estimate of drug-likeness (QED) is 0.416. The minimum Gasteiger partial charge on any atom is -0.266 e. The van der Waals surface area contributed by atoms with Crippen LogP contribution >= 0.6 is 0 Å². The van der Waals surface area contributed by atoms with E-state index in [1.165, 1.54) is 0 Å². The van der Waals surface area contributed by atoms with Gasteiger partial charge in [-0.15, -0.1) is 5.10 Å². The van der Waals surface area contributed by atoms with Gasteiger partial charge in [0.1, 0.15) is 5.52 Å². The monoisotopic (exact) mass is 278 g/mol. The largest absolute Gasteiger partial charge is 0.266 e. The Balaban J connectivity index is 2.09. The summed E-state index contributed by atoms with van der Waals surface area (Å²) in [5.74, 6) is 0.859. The Morgan fingerprint density at radius 1 is 1.05 bits per heavy atom. The van der Waals surface area contributed by atoms with Gasteiger partial charge in [-0.25, -0.2) is 0 Å². The first-order chi connectivity index (χ1) is 10.4. The van der Waals surface area contributed by atoms with Crippen molar-refractivity contribution in [3.05, 3.63) is 60.2 Å². The number of unbranched alkanes of at least 4 members (excludes halogenated alkanes) is 1. The number of benzene rings is 2. The molecule has 4 heteroatoms. The van der Waals surface area contributed by atoms with Gasteiger partial charge in [-0.3, -0.25) is 4.99 Å². The topological polar surface area (TPSA) is 43.1 Å². The number of aliphatic imine (C=N–C) groups is 1. The van der Waals surface area contributed by atoms with E-state index in [1.807, 2.05) is 47.1 Å². The molecule has 0 saturated heterocycles. The van der Waals surface area contributed by atoms with Crippen molar-refractivity contribution in [3.63, 3.8) is 0 Å². The average molecular weight is 278 g/mol. The van der Waals surface area contributed by atoms with Gasteiger partial charge < -0.3 is 0 Å². The molecule has 0 unspecified atom stereocenters. The lowest BCUT2D eigenvalue weighted by Crippen LogP contribution is -2.16. The summed E-state index contributed by atoms with van der Waals surface area (Å²) in [6.45, 7) is 2.97. The highest BCUT2D eigenvalue weighted by Crippen LogP contribution is 2.13. The molecule has 0 N–H and O–H groups in total. The van der Waals surface area contributed by atoms with Crippen molar-refractivity contribution in [2.24, 2.45) is 4.99 Å². The predicted molar refractivity (Wildman–Crippen MR) is 85.7 cm³/mol. The molecular weight excluding hydrogens is 260 g/mol. The lowest BCUT2D eigenvalue weighted by molar-refractivity contribution is 0.792. The zero-order valence-electron chi connectivity index (χ0n) is 12.1. The van der Waals surface area contributed by atoms with Crippen molar-refractivity contribution in [1.29, 1.82) is 0 Å². The summed E-state index contributed by atoms with van der Waals surface area (Å²) in [5.41, 5.74) is 2.93. The number of hydrogen-bond acceptors (Lipinski definition) is 3. The molecule has 2 aromatic carbocycles. The van der Waals surface area contributed by atoms with E-state index >= 15 is 0 Å². The third-order valence-electron chi connectivity index (χ3n) is 3.36. The highest BCUT2D eigenvalue weighted by molar-refractivity contribution is 6.03. The molecule has 0 amide bonds. The fourth-order valence-electron chi connectivity index (χ4n) is 2.24. The number of fused-ring (bicyclic) bond motifs is 1. The van der Waals surface area contributed by atoms with Gasteiger partial charge in [0.25, 0.3) is 0 Å². The molecule has 0 aliphatic carbocycles. The maximum atomic E-state index is 4.75. The molecule has 0 fully saturated rings. The molecule has 3 aromatic rings. The van der Waals surface area contributed by atoms with Crippen molar-refractivity contribution in [1.82, 2.24) is 15.0 Å². The van der Waals surface area contributed by atoms with Gasteiger partial charge in [0, 0.05) is 12.1 Å². The Morgan fingerprint density at radius 2 is 1.81 bits per heavy atom. The SMILES string of the molecule is CCCCN=C(c1ccccc1)n1nnc2ccccc21. The minimum atomic E-state index is 0.801. The molecule has 21 heavy (non-hydrogen) atoms. The molecule has 0 saturated carbocycles. The third-order valence-corrected chi connectivity index (χ3v) is 3.36. The van der Waals surface area contributed by atoms with Crippen LogP contribution in [0.1, 0.15) is 25.3 Å². The maximum Gasteiger partial charge on any atom is 0.158 e. The Hall–Kier alpha value is -2.49. The number of nitrogens with zero attached hydrogens (tertiary/aromatic N) is 4. The van der Waals surface area contributed by atoms with Crippen LogP contribution in [0.3, 0.4) is 0 Å². The van der Waals surface area contributed by atoms with Crippen LogP contribution in [0.5, 0.6) is 0 Å². The summed E-state index contributed by atoms with van der Waals surface area (Å²) in [4.78, 5) is 4.75. The average Bonchev–Trinajstić information content (AvgIpc) is 2.96. The number of aromatic nitrogens is 3. The van der Waals surface area contributed by atoms with Crippen molar-refractivity contribution in [2.75, 3.05) is 6.54 Å². The van der Waals surface area contributed by atoms with Crippen LogP contribution in [-0.4, -0.2) is 27.4 Å². The highest BCUT2D eigenvalue weighted by atomic mass is 15.4. The molecule has 106 valence electrons. The molecule has 0 aliphatic heterocycles. The molecule has 0 spiro atoms. The van der Waals surface area contributed by atoms with Crippen molar-refractivity contribution < 1.29 is 0 Å². The first-order valence-corrected chi connectivity index (χ1v) is 7.31. The molecule has 3 rings (SSSR count). The normalized spacial score (nSPS) is 12.0. The van der Waals surface area contributed by atoms with E-state index in [9.17, 15) is 0 Å². The van der Waals surface area contributed by atoms with Gasteiger partial charge >= 0.3 is 0 Å². The summed E-state index contributed by atoms with van der Waals surface area (Å²) in [6, 6.07) is 18.1. The van der Waals surface area contributed by atoms with Crippen molar-refractivity contribution in [3.8, 4) is 0 Å². The molecule has 0 atom stereocenters. The van der Waals surface area contributed by atoms with Crippen LogP contribution in [0.2, 0.25) is 0 Å². The van der Waals surface area contributed by atoms with Crippen LogP contribution in [0, 0.1) is 0 Å². The summed E-state index contributed by atoms with van der Waals surface area (Å²) >= 11 is 0. The van der Waals surface area contributed by atoms with Crippen LogP contribution in [-0.2, 0) is 0 Å². The van der Waals surface area contributed by atoms with Gasteiger partial charge in [0.2, 0.25) is 0 Å². The molecule has 0 radical (unpaired) electrons. The fourth-order valence-corrected chi connectivity index (χ4v) is 2.24. The second-order valence-corrected chi connectivity index (χ2v) is 4.91. The number of hydrogen-bond donors (Lipinski definition) is 0. The first kappa shape index (κ1) is 13.5. The summed E-state index contributed by atoms with van der Waals surface area (Å²) in [7, 11) is 0. The summed E-state index contributed by atoms with van der Waals surface area (Å²) in [5, 5.41) is 8.51. The van der Waals surface area contributed by atoms with Crippen LogP contribution < -0.4 is 0 Å². The van der Waals surface area contributed by atoms with E-state index in [0.29, 0.717) is 0 Å². The Labute approximate surface area is 124 Å². The maximum absolute atomic E-state index is 4.75. The van der Waals surface area contributed by atoms with Gasteiger partial charge in [0.15, 0.2) is 5.84 Å². The van der Waals surface area contributed by atoms with Gasteiger partial charge in [-0.1, -0.05) is 61.0 Å². The molecular formula is C17H18N4. The van der Waals surface area contributed by atoms with Gasteiger partial charge in [-0.2, -0.15) is 4.68 Å². The smallest absolute Gasteiger partial charge is 0.158 e. The zero-order valence-corrected chi connectivity index (χ0v) is 12.1. The predicted octanol–water partition coefficient (Wildman–Crippen LogP) is 3.53. The standard InChI is InChI=1S/C17H18N4/c1-2-3-13-18-17(14-9-5-4-6-10-14)21-16-12-8-7-11-15(16)19-20-21/h4-12H,2-3,13H2,1H3. The van der Waals surface area contributed by atoms with E-state index in [-0.39, 0.29) is 0 Å². The summed E-state index contributed by atoms with van der Waals surface area (Å²) in [6.07, 6.45) is 2.20. The summed E-state index contributed by atoms with van der Waals surface area (Å²) < 4.78 is 1.83. The van der Waals surface area contributed by atoms with Crippen LogP contribution in [0.4, 0.5) is 0 Å². The molecule has 0 aliphatic rings. The molecule has 0 bridgehead atoms. The van der Waals surface area contributed by atoms with E-state index in [4.69, 9.17) is 4.99 Å². The van der Waals surface area contributed by atoms with E-state index in [2.05, 4.69) is 29.4 Å². The Bertz CT molecular complexity index is 744. The van der Waals surface area contributed by atoms with Gasteiger partial charge in [0.05, 0.1) is 5.52 Å². The van der Waals surface area contributed by atoms with E-state index in [1.54, 1.807) is 0 Å². The minimum absolute atomic E-state index is 0.801. The van der Waals surface area contributed by atoms with Crippen LogP contribution in [0.25, 0.3) is 11.0 Å². The first-order valence-electron chi connectivity index (χ1n) is 7.31. The van der Waals surface area contributed by atoms with Crippen LogP contribution in [0.15, 0.2) is 59.6 Å². The fraction of sp³-hybridized carbons (Fsp3) is 0.235. The second-order valence-electron chi connectivity index (χ2n) is 4.91. The van der Waals surface area contributed by atoms with Gasteiger partial charge in [-0.05, 0) is 18.6 Å². The number of rotatable bonds is 4. The molecule has 1 aromatic heterocycles. The van der Waals surface area contributed by atoms with Crippen molar-refractivity contribution >= 4 is 16.9 Å². The third kappa shape index (κ3) is 2.84. The second kappa shape index (κ2) is 6.31. The molecule has 1 heterocycles. The zero-order chi connectivity index (χ0) is 14.5. The molecule has 4 nitrogen and oxygen atoms in total. The Morgan fingerprint density at radius 3 is 2.62 bits per heavy atom. The van der Waals surface area contributed by atoms with E-state index in [0.717, 1.165) is 41.8 Å². The number of para-hydroxylation sites is 1.